The van der Waals surface area contributed by atoms with E-state index in [2.05, 4.69) is 15.3 Å². The quantitative estimate of drug-likeness (QED) is 0.902. The highest BCUT2D eigenvalue weighted by molar-refractivity contribution is 5.66. The van der Waals surface area contributed by atoms with Crippen molar-refractivity contribution in [3.05, 3.63) is 36.3 Å². The Bertz CT molecular complexity index is 622. The Labute approximate surface area is 110 Å². The van der Waals surface area contributed by atoms with Gasteiger partial charge in [0.25, 0.3) is 0 Å². The molecule has 6 heteroatoms. The Hall–Kier alpha value is -2.81. The largest absolute Gasteiger partial charge is 0.497 e. The van der Waals surface area contributed by atoms with Crippen LogP contribution >= 0.6 is 0 Å². The van der Waals surface area contributed by atoms with E-state index in [1.807, 2.05) is 6.07 Å². The molecule has 0 atom stereocenters. The third kappa shape index (κ3) is 2.90. The minimum absolute atomic E-state index is 0.104. The van der Waals surface area contributed by atoms with Crippen molar-refractivity contribution >= 4 is 11.5 Å². The number of benzene rings is 1. The molecular formula is C13H12N4O2. The summed E-state index contributed by atoms with van der Waals surface area (Å²) in [6.07, 6.45) is 1.51. The SMILES string of the molecule is COc1ccc(OC)c(Nc2ccnc(C#N)n2)c1. The van der Waals surface area contributed by atoms with Crippen LogP contribution in [0, 0.1) is 11.3 Å². The van der Waals surface area contributed by atoms with Crippen molar-refractivity contribution < 1.29 is 9.47 Å². The van der Waals surface area contributed by atoms with Gasteiger partial charge in [0, 0.05) is 12.3 Å². The zero-order chi connectivity index (χ0) is 13.7. The van der Waals surface area contributed by atoms with Gasteiger partial charge in [0.15, 0.2) is 0 Å². The fourth-order valence-corrected chi connectivity index (χ4v) is 1.53. The molecule has 96 valence electrons. The minimum Gasteiger partial charge on any atom is -0.497 e. The summed E-state index contributed by atoms with van der Waals surface area (Å²) in [7, 11) is 3.16. The first-order valence-electron chi connectivity index (χ1n) is 5.49. The molecule has 0 saturated carbocycles. The molecule has 1 aromatic carbocycles. The van der Waals surface area contributed by atoms with Crippen LogP contribution in [-0.4, -0.2) is 24.2 Å². The van der Waals surface area contributed by atoms with E-state index in [-0.39, 0.29) is 5.82 Å². The zero-order valence-corrected chi connectivity index (χ0v) is 10.5. The summed E-state index contributed by atoms with van der Waals surface area (Å²) in [5.74, 6) is 1.96. The molecule has 0 aliphatic rings. The number of anilines is 2. The third-order valence-corrected chi connectivity index (χ3v) is 2.42. The number of nitrogens with one attached hydrogen (secondary N) is 1. The molecule has 1 N–H and O–H groups in total. The van der Waals surface area contributed by atoms with Gasteiger partial charge in [-0.1, -0.05) is 0 Å². The van der Waals surface area contributed by atoms with Gasteiger partial charge in [0.05, 0.1) is 19.9 Å². The molecule has 6 nitrogen and oxygen atoms in total. The van der Waals surface area contributed by atoms with Crippen molar-refractivity contribution in [3.8, 4) is 17.6 Å². The van der Waals surface area contributed by atoms with E-state index in [0.717, 1.165) is 0 Å². The summed E-state index contributed by atoms with van der Waals surface area (Å²) in [6.45, 7) is 0. The number of hydrogen-bond donors (Lipinski definition) is 1. The topological polar surface area (TPSA) is 80.1 Å². The Morgan fingerprint density at radius 3 is 2.74 bits per heavy atom. The molecule has 2 rings (SSSR count). The maximum absolute atomic E-state index is 8.76. The Morgan fingerprint density at radius 2 is 2.05 bits per heavy atom. The second kappa shape index (κ2) is 5.69. The first kappa shape index (κ1) is 12.6. The second-order valence-electron chi connectivity index (χ2n) is 3.57. The Morgan fingerprint density at radius 1 is 1.21 bits per heavy atom. The normalized spacial score (nSPS) is 9.53. The van der Waals surface area contributed by atoms with Crippen LogP contribution in [0.3, 0.4) is 0 Å². The van der Waals surface area contributed by atoms with Crippen molar-refractivity contribution in [1.82, 2.24) is 9.97 Å². The van der Waals surface area contributed by atoms with Crippen LogP contribution in [0.5, 0.6) is 11.5 Å². The van der Waals surface area contributed by atoms with Gasteiger partial charge in [-0.05, 0) is 18.2 Å². The van der Waals surface area contributed by atoms with Crippen molar-refractivity contribution in [3.63, 3.8) is 0 Å². The first-order chi connectivity index (χ1) is 9.26. The van der Waals surface area contributed by atoms with Crippen molar-refractivity contribution in [1.29, 1.82) is 5.26 Å². The first-order valence-corrected chi connectivity index (χ1v) is 5.49. The predicted octanol–water partition coefficient (Wildman–Crippen LogP) is 2.11. The van der Waals surface area contributed by atoms with E-state index in [4.69, 9.17) is 14.7 Å². The minimum atomic E-state index is 0.104. The van der Waals surface area contributed by atoms with Gasteiger partial charge in [0.2, 0.25) is 5.82 Å². The number of nitriles is 1. The Balaban J connectivity index is 2.33. The molecule has 0 aliphatic carbocycles. The highest BCUT2D eigenvalue weighted by atomic mass is 16.5. The standard InChI is InChI=1S/C13H12N4O2/c1-18-9-3-4-11(19-2)10(7-9)16-12-5-6-15-13(8-14)17-12/h3-7H,1-2H3,(H,15,16,17). The lowest BCUT2D eigenvalue weighted by molar-refractivity contribution is 0.405. The molecular weight excluding hydrogens is 244 g/mol. The van der Waals surface area contributed by atoms with Crippen LogP contribution in [0.4, 0.5) is 11.5 Å². The average Bonchev–Trinajstić information content (AvgIpc) is 2.47. The highest BCUT2D eigenvalue weighted by Gasteiger charge is 2.06. The monoisotopic (exact) mass is 256 g/mol. The van der Waals surface area contributed by atoms with E-state index in [0.29, 0.717) is 23.0 Å². The van der Waals surface area contributed by atoms with Gasteiger partial charge in [-0.2, -0.15) is 5.26 Å². The number of ether oxygens (including phenoxy) is 2. The smallest absolute Gasteiger partial charge is 0.234 e. The molecule has 0 radical (unpaired) electrons. The van der Waals surface area contributed by atoms with E-state index in [1.54, 1.807) is 38.5 Å². The van der Waals surface area contributed by atoms with Gasteiger partial charge in [0.1, 0.15) is 23.4 Å². The van der Waals surface area contributed by atoms with Gasteiger partial charge in [-0.3, -0.25) is 0 Å². The van der Waals surface area contributed by atoms with Gasteiger partial charge < -0.3 is 14.8 Å². The van der Waals surface area contributed by atoms with Crippen LogP contribution in [0.25, 0.3) is 0 Å². The summed E-state index contributed by atoms with van der Waals surface area (Å²) >= 11 is 0. The molecule has 19 heavy (non-hydrogen) atoms. The van der Waals surface area contributed by atoms with Crippen molar-refractivity contribution in [2.24, 2.45) is 0 Å². The lowest BCUT2D eigenvalue weighted by Crippen LogP contribution is -1.99. The van der Waals surface area contributed by atoms with E-state index < -0.39 is 0 Å². The number of methoxy groups -OCH3 is 2. The van der Waals surface area contributed by atoms with Gasteiger partial charge >= 0.3 is 0 Å². The summed E-state index contributed by atoms with van der Waals surface area (Å²) in [6, 6.07) is 8.92. The highest BCUT2D eigenvalue weighted by Crippen LogP contribution is 2.30. The molecule has 1 aromatic heterocycles. The molecule has 2 aromatic rings. The van der Waals surface area contributed by atoms with Crippen molar-refractivity contribution in [2.75, 3.05) is 19.5 Å². The van der Waals surface area contributed by atoms with Crippen LogP contribution in [0.2, 0.25) is 0 Å². The van der Waals surface area contributed by atoms with E-state index in [9.17, 15) is 0 Å². The number of hydrogen-bond acceptors (Lipinski definition) is 6. The number of rotatable bonds is 4. The molecule has 0 spiro atoms. The maximum Gasteiger partial charge on any atom is 0.234 e. The molecule has 0 amide bonds. The zero-order valence-electron chi connectivity index (χ0n) is 10.5. The predicted molar refractivity (Wildman–Crippen MR) is 69.6 cm³/mol. The van der Waals surface area contributed by atoms with Crippen molar-refractivity contribution in [2.45, 2.75) is 0 Å². The van der Waals surface area contributed by atoms with Crippen LogP contribution in [0.1, 0.15) is 5.82 Å². The Kier molecular flexibility index (Phi) is 3.78. The molecule has 0 bridgehead atoms. The number of nitrogens with zero attached hydrogens (tertiary/aromatic N) is 3. The lowest BCUT2D eigenvalue weighted by Gasteiger charge is -2.11. The van der Waals surface area contributed by atoms with Gasteiger partial charge in [-0.15, -0.1) is 0 Å². The summed E-state index contributed by atoms with van der Waals surface area (Å²) in [5, 5.41) is 11.8. The molecule has 0 saturated heterocycles. The third-order valence-electron chi connectivity index (χ3n) is 2.42. The van der Waals surface area contributed by atoms with E-state index in [1.165, 1.54) is 6.20 Å². The fraction of sp³-hybridized carbons (Fsp3) is 0.154. The summed E-state index contributed by atoms with van der Waals surface area (Å²) in [5.41, 5.74) is 0.699. The number of aromatic nitrogens is 2. The summed E-state index contributed by atoms with van der Waals surface area (Å²) in [4.78, 5) is 7.85. The van der Waals surface area contributed by atoms with Gasteiger partial charge in [-0.25, -0.2) is 9.97 Å². The lowest BCUT2D eigenvalue weighted by atomic mass is 10.2. The fourth-order valence-electron chi connectivity index (χ4n) is 1.53. The van der Waals surface area contributed by atoms with E-state index >= 15 is 0 Å². The molecule has 0 aliphatic heterocycles. The molecule has 1 heterocycles. The average molecular weight is 256 g/mol. The van der Waals surface area contributed by atoms with Crippen LogP contribution in [-0.2, 0) is 0 Å². The summed E-state index contributed by atoms with van der Waals surface area (Å²) < 4.78 is 10.4. The van der Waals surface area contributed by atoms with Crippen LogP contribution < -0.4 is 14.8 Å². The second-order valence-corrected chi connectivity index (χ2v) is 3.57. The molecule has 0 unspecified atom stereocenters. The maximum atomic E-state index is 8.76. The van der Waals surface area contributed by atoms with Crippen LogP contribution in [0.15, 0.2) is 30.5 Å². The molecule has 0 fully saturated rings.